The molecule has 0 spiro atoms. The first kappa shape index (κ1) is 15.7. The van der Waals surface area contributed by atoms with E-state index in [9.17, 15) is 4.39 Å². The molecule has 0 radical (unpaired) electrons. The summed E-state index contributed by atoms with van der Waals surface area (Å²) in [5.74, 6) is 0.717. The molecule has 1 aliphatic carbocycles. The van der Waals surface area contributed by atoms with Gasteiger partial charge in [-0.05, 0) is 62.9 Å². The van der Waals surface area contributed by atoms with E-state index in [0.717, 1.165) is 31.1 Å². The van der Waals surface area contributed by atoms with Gasteiger partial charge in [-0.3, -0.25) is 9.88 Å². The zero-order valence-electron chi connectivity index (χ0n) is 11.7. The molecular formula is C15H23ClFN3. The fourth-order valence-corrected chi connectivity index (χ4v) is 2.75. The molecule has 3 rings (SSSR count). The minimum atomic E-state index is -0.238. The number of pyridine rings is 1. The lowest BCUT2D eigenvalue weighted by Crippen LogP contribution is -2.42. The first-order chi connectivity index (χ1) is 9.29. The van der Waals surface area contributed by atoms with Crippen molar-refractivity contribution in [2.75, 3.05) is 19.6 Å². The van der Waals surface area contributed by atoms with Gasteiger partial charge in [0, 0.05) is 18.8 Å². The van der Waals surface area contributed by atoms with Crippen LogP contribution in [0.15, 0.2) is 18.5 Å². The summed E-state index contributed by atoms with van der Waals surface area (Å²) >= 11 is 0. The van der Waals surface area contributed by atoms with Crippen molar-refractivity contribution in [1.29, 1.82) is 0 Å². The first-order valence-electron chi connectivity index (χ1n) is 7.35. The minimum absolute atomic E-state index is 0. The van der Waals surface area contributed by atoms with Crippen LogP contribution in [-0.2, 0) is 6.54 Å². The van der Waals surface area contributed by atoms with E-state index in [-0.39, 0.29) is 18.2 Å². The number of halogens is 2. The van der Waals surface area contributed by atoms with Crippen molar-refractivity contribution < 1.29 is 4.39 Å². The number of rotatable bonds is 5. The van der Waals surface area contributed by atoms with Crippen molar-refractivity contribution in [3.63, 3.8) is 0 Å². The van der Waals surface area contributed by atoms with E-state index >= 15 is 0 Å². The second-order valence-electron chi connectivity index (χ2n) is 5.91. The molecular weight excluding hydrogens is 277 g/mol. The number of likely N-dealkylation sites (tertiary alicyclic amines) is 1. The molecule has 0 amide bonds. The van der Waals surface area contributed by atoms with Gasteiger partial charge in [-0.1, -0.05) is 0 Å². The molecule has 1 aliphatic heterocycles. The number of hydrogen-bond acceptors (Lipinski definition) is 3. The fraction of sp³-hybridized carbons (Fsp3) is 0.667. The van der Waals surface area contributed by atoms with Gasteiger partial charge < -0.3 is 5.32 Å². The Bertz CT molecular complexity index is 417. The Hall–Kier alpha value is -0.710. The third-order valence-electron chi connectivity index (χ3n) is 4.15. The maximum atomic E-state index is 13.1. The quantitative estimate of drug-likeness (QED) is 0.906. The highest BCUT2D eigenvalue weighted by atomic mass is 35.5. The van der Waals surface area contributed by atoms with Crippen molar-refractivity contribution in [2.24, 2.45) is 5.92 Å². The molecule has 5 heteroatoms. The summed E-state index contributed by atoms with van der Waals surface area (Å²) in [6.07, 6.45) is 8.26. The highest BCUT2D eigenvalue weighted by Gasteiger charge is 2.24. The molecule has 0 atom stereocenters. The molecule has 1 aromatic heterocycles. The number of nitrogens with one attached hydrogen (secondary N) is 1. The van der Waals surface area contributed by atoms with Crippen molar-refractivity contribution in [3.8, 4) is 0 Å². The van der Waals surface area contributed by atoms with Gasteiger partial charge in [-0.15, -0.1) is 12.4 Å². The van der Waals surface area contributed by atoms with E-state index in [2.05, 4.69) is 15.2 Å². The molecule has 2 fully saturated rings. The van der Waals surface area contributed by atoms with Gasteiger partial charge in [0.25, 0.3) is 0 Å². The number of piperidine rings is 1. The SMILES string of the molecule is Cl.Fc1cncc(CN2CCC(NCC3CC3)CC2)c1. The summed E-state index contributed by atoms with van der Waals surface area (Å²) in [6.45, 7) is 4.22. The summed E-state index contributed by atoms with van der Waals surface area (Å²) in [5.41, 5.74) is 0.976. The highest BCUT2D eigenvalue weighted by molar-refractivity contribution is 5.85. The Morgan fingerprint density at radius 3 is 2.60 bits per heavy atom. The Balaban J connectivity index is 0.00000147. The van der Waals surface area contributed by atoms with Crippen LogP contribution in [0.5, 0.6) is 0 Å². The van der Waals surface area contributed by atoms with E-state index < -0.39 is 0 Å². The van der Waals surface area contributed by atoms with Gasteiger partial charge in [0.1, 0.15) is 5.82 Å². The molecule has 0 bridgehead atoms. The van der Waals surface area contributed by atoms with E-state index in [1.54, 1.807) is 12.3 Å². The van der Waals surface area contributed by atoms with Gasteiger partial charge in [-0.25, -0.2) is 4.39 Å². The molecule has 2 heterocycles. The topological polar surface area (TPSA) is 28.2 Å². The molecule has 1 N–H and O–H groups in total. The van der Waals surface area contributed by atoms with Gasteiger partial charge in [0.2, 0.25) is 0 Å². The average molecular weight is 300 g/mol. The first-order valence-corrected chi connectivity index (χ1v) is 7.35. The van der Waals surface area contributed by atoms with Crippen molar-refractivity contribution in [3.05, 3.63) is 29.8 Å². The number of nitrogens with zero attached hydrogens (tertiary/aromatic N) is 2. The Morgan fingerprint density at radius 1 is 1.20 bits per heavy atom. The normalized spacial score (nSPS) is 20.6. The van der Waals surface area contributed by atoms with Gasteiger partial charge >= 0.3 is 0 Å². The zero-order valence-corrected chi connectivity index (χ0v) is 12.5. The van der Waals surface area contributed by atoms with Crippen LogP contribution in [-0.4, -0.2) is 35.6 Å². The van der Waals surface area contributed by atoms with Crippen molar-refractivity contribution >= 4 is 12.4 Å². The predicted octanol–water partition coefficient (Wildman–Crippen LogP) is 2.61. The van der Waals surface area contributed by atoms with Crippen LogP contribution in [0.25, 0.3) is 0 Å². The van der Waals surface area contributed by atoms with E-state index in [4.69, 9.17) is 0 Å². The molecule has 0 unspecified atom stereocenters. The smallest absolute Gasteiger partial charge is 0.141 e. The Kier molecular flexibility index (Phi) is 5.75. The molecule has 20 heavy (non-hydrogen) atoms. The van der Waals surface area contributed by atoms with Crippen LogP contribution < -0.4 is 5.32 Å². The second kappa shape index (κ2) is 7.34. The van der Waals surface area contributed by atoms with Crippen LogP contribution in [0.3, 0.4) is 0 Å². The maximum absolute atomic E-state index is 13.1. The third-order valence-corrected chi connectivity index (χ3v) is 4.15. The van der Waals surface area contributed by atoms with E-state index in [0.29, 0.717) is 6.04 Å². The lowest BCUT2D eigenvalue weighted by molar-refractivity contribution is 0.190. The van der Waals surface area contributed by atoms with E-state index in [1.165, 1.54) is 38.4 Å². The van der Waals surface area contributed by atoms with Crippen molar-refractivity contribution in [1.82, 2.24) is 15.2 Å². The molecule has 1 saturated heterocycles. The van der Waals surface area contributed by atoms with Crippen molar-refractivity contribution in [2.45, 2.75) is 38.3 Å². The third kappa shape index (κ3) is 4.69. The summed E-state index contributed by atoms with van der Waals surface area (Å²) in [7, 11) is 0. The predicted molar refractivity (Wildman–Crippen MR) is 80.5 cm³/mol. The number of hydrogen-bond donors (Lipinski definition) is 1. The lowest BCUT2D eigenvalue weighted by atomic mass is 10.0. The summed E-state index contributed by atoms with van der Waals surface area (Å²) < 4.78 is 13.1. The average Bonchev–Trinajstić information content (AvgIpc) is 3.22. The van der Waals surface area contributed by atoms with Gasteiger partial charge in [0.05, 0.1) is 6.20 Å². The Labute approximate surface area is 126 Å². The summed E-state index contributed by atoms with van der Waals surface area (Å²) in [6, 6.07) is 2.27. The molecule has 3 nitrogen and oxygen atoms in total. The van der Waals surface area contributed by atoms with Crippen LogP contribution in [0.1, 0.15) is 31.2 Å². The minimum Gasteiger partial charge on any atom is -0.314 e. The summed E-state index contributed by atoms with van der Waals surface area (Å²) in [4.78, 5) is 6.30. The standard InChI is InChI=1S/C15H22FN3.ClH/c16-14-7-13(8-17-10-14)11-19-5-3-15(4-6-19)18-9-12-1-2-12;/h7-8,10,12,15,18H,1-6,9,11H2;1H. The van der Waals surface area contributed by atoms with Crippen LogP contribution in [0, 0.1) is 11.7 Å². The fourth-order valence-electron chi connectivity index (χ4n) is 2.75. The Morgan fingerprint density at radius 2 is 1.95 bits per heavy atom. The largest absolute Gasteiger partial charge is 0.314 e. The molecule has 112 valence electrons. The van der Waals surface area contributed by atoms with E-state index in [1.807, 2.05) is 0 Å². The van der Waals surface area contributed by atoms with Crippen LogP contribution in [0.2, 0.25) is 0 Å². The second-order valence-corrected chi connectivity index (χ2v) is 5.91. The molecule has 2 aliphatic rings. The molecule has 0 aromatic carbocycles. The van der Waals surface area contributed by atoms with Gasteiger partial charge in [-0.2, -0.15) is 0 Å². The highest BCUT2D eigenvalue weighted by Crippen LogP contribution is 2.28. The zero-order chi connectivity index (χ0) is 13.1. The van der Waals surface area contributed by atoms with Crippen LogP contribution in [0.4, 0.5) is 4.39 Å². The van der Waals surface area contributed by atoms with Crippen LogP contribution >= 0.6 is 12.4 Å². The summed E-state index contributed by atoms with van der Waals surface area (Å²) in [5, 5.41) is 3.68. The molecule has 1 saturated carbocycles. The maximum Gasteiger partial charge on any atom is 0.141 e. The monoisotopic (exact) mass is 299 g/mol. The van der Waals surface area contributed by atoms with Gasteiger partial charge in [0.15, 0.2) is 0 Å². The number of aromatic nitrogens is 1. The molecule has 1 aromatic rings. The lowest BCUT2D eigenvalue weighted by Gasteiger charge is -2.32.